The number of nitrogen functional groups attached to an aromatic ring is 2. The predicted molar refractivity (Wildman–Crippen MR) is 68.7 cm³/mol. The monoisotopic (exact) mass is 247 g/mol. The zero-order valence-corrected chi connectivity index (χ0v) is 9.59. The molecule has 0 spiro atoms. The normalized spacial score (nSPS) is 10.9. The average Bonchev–Trinajstić information content (AvgIpc) is 2.30. The molecule has 0 aliphatic carbocycles. The topological polar surface area (TPSA) is 89.6 Å². The summed E-state index contributed by atoms with van der Waals surface area (Å²) in [6, 6.07) is 10.3. The van der Waals surface area contributed by atoms with Crippen LogP contribution in [0.25, 0.3) is 0 Å². The van der Waals surface area contributed by atoms with E-state index in [-0.39, 0.29) is 5.82 Å². The van der Waals surface area contributed by atoms with Crippen LogP contribution in [0.15, 0.2) is 46.6 Å². The standard InChI is InChI=1S/C11H10ClN5/c12-7-1-3-8(4-2-7)16-17-9-5-6-10(13)15-11(9)14/h1-6H,(H4,13,14,15). The van der Waals surface area contributed by atoms with E-state index in [9.17, 15) is 0 Å². The Balaban J connectivity index is 2.23. The Morgan fingerprint density at radius 3 is 2.29 bits per heavy atom. The lowest BCUT2D eigenvalue weighted by atomic mass is 10.3. The Morgan fingerprint density at radius 1 is 0.941 bits per heavy atom. The molecule has 4 N–H and O–H groups in total. The van der Waals surface area contributed by atoms with Gasteiger partial charge in [-0.3, -0.25) is 0 Å². The largest absolute Gasteiger partial charge is 0.384 e. The Morgan fingerprint density at radius 2 is 1.65 bits per heavy atom. The molecule has 2 rings (SSSR count). The van der Waals surface area contributed by atoms with Gasteiger partial charge in [0, 0.05) is 5.02 Å². The number of hydrogen-bond acceptors (Lipinski definition) is 5. The van der Waals surface area contributed by atoms with Crippen LogP contribution in [0.2, 0.25) is 5.02 Å². The van der Waals surface area contributed by atoms with Gasteiger partial charge in [-0.25, -0.2) is 4.98 Å². The summed E-state index contributed by atoms with van der Waals surface area (Å²) in [7, 11) is 0. The molecule has 0 radical (unpaired) electrons. The second-order valence-electron chi connectivity index (χ2n) is 3.32. The SMILES string of the molecule is Nc1ccc(N=Nc2ccc(Cl)cc2)c(N)n1. The van der Waals surface area contributed by atoms with Gasteiger partial charge in [-0.05, 0) is 36.4 Å². The highest BCUT2D eigenvalue weighted by atomic mass is 35.5. The van der Waals surface area contributed by atoms with Gasteiger partial charge in [0.05, 0.1) is 5.69 Å². The fraction of sp³-hybridized carbons (Fsp3) is 0. The van der Waals surface area contributed by atoms with Crippen molar-refractivity contribution in [3.05, 3.63) is 41.4 Å². The number of benzene rings is 1. The third kappa shape index (κ3) is 2.92. The van der Waals surface area contributed by atoms with Crippen molar-refractivity contribution in [2.45, 2.75) is 0 Å². The molecule has 86 valence electrons. The van der Waals surface area contributed by atoms with Crippen LogP contribution in [-0.4, -0.2) is 4.98 Å². The Hall–Kier alpha value is -2.14. The van der Waals surface area contributed by atoms with Gasteiger partial charge >= 0.3 is 0 Å². The molecule has 0 aliphatic rings. The van der Waals surface area contributed by atoms with Crippen molar-refractivity contribution in [2.24, 2.45) is 10.2 Å². The van der Waals surface area contributed by atoms with E-state index in [1.807, 2.05) is 0 Å². The summed E-state index contributed by atoms with van der Waals surface area (Å²) in [5, 5.41) is 8.65. The van der Waals surface area contributed by atoms with Crippen molar-refractivity contribution in [1.29, 1.82) is 0 Å². The van der Waals surface area contributed by atoms with Crippen LogP contribution in [0.4, 0.5) is 23.0 Å². The first kappa shape index (κ1) is 11.3. The van der Waals surface area contributed by atoms with Gasteiger partial charge in [-0.1, -0.05) is 11.6 Å². The van der Waals surface area contributed by atoms with Crippen LogP contribution in [0.1, 0.15) is 0 Å². The molecule has 0 aliphatic heterocycles. The number of anilines is 2. The number of azo groups is 1. The van der Waals surface area contributed by atoms with Crippen LogP contribution < -0.4 is 11.5 Å². The molecule has 0 fully saturated rings. The van der Waals surface area contributed by atoms with Crippen molar-refractivity contribution in [3.8, 4) is 0 Å². The lowest BCUT2D eigenvalue weighted by molar-refractivity contribution is 1.21. The lowest BCUT2D eigenvalue weighted by Gasteiger charge is -1.98. The van der Waals surface area contributed by atoms with Gasteiger partial charge in [0.25, 0.3) is 0 Å². The lowest BCUT2D eigenvalue weighted by Crippen LogP contribution is -1.95. The predicted octanol–water partition coefficient (Wildman–Crippen LogP) is 3.31. The highest BCUT2D eigenvalue weighted by Crippen LogP contribution is 2.24. The van der Waals surface area contributed by atoms with Gasteiger partial charge < -0.3 is 11.5 Å². The minimum atomic E-state index is 0.253. The summed E-state index contributed by atoms with van der Waals surface area (Å²) in [5.74, 6) is 0.607. The molecule has 17 heavy (non-hydrogen) atoms. The molecule has 0 saturated carbocycles. The molecule has 1 aromatic heterocycles. The van der Waals surface area contributed by atoms with Crippen molar-refractivity contribution in [2.75, 3.05) is 11.5 Å². The van der Waals surface area contributed by atoms with E-state index in [1.165, 1.54) is 0 Å². The van der Waals surface area contributed by atoms with Gasteiger partial charge in [-0.2, -0.15) is 5.11 Å². The molecule has 0 unspecified atom stereocenters. The third-order valence-corrected chi connectivity index (χ3v) is 2.28. The minimum Gasteiger partial charge on any atom is -0.384 e. The zero-order chi connectivity index (χ0) is 12.3. The molecule has 5 nitrogen and oxygen atoms in total. The molecule has 6 heteroatoms. The van der Waals surface area contributed by atoms with Crippen molar-refractivity contribution >= 4 is 34.6 Å². The number of rotatable bonds is 2. The molecule has 0 amide bonds. The Labute approximate surface area is 103 Å². The van der Waals surface area contributed by atoms with E-state index in [0.717, 1.165) is 0 Å². The summed E-state index contributed by atoms with van der Waals surface area (Å²) in [6.07, 6.45) is 0. The summed E-state index contributed by atoms with van der Waals surface area (Å²) in [5.41, 5.74) is 12.3. The van der Waals surface area contributed by atoms with Gasteiger partial charge in [0.1, 0.15) is 11.5 Å². The van der Waals surface area contributed by atoms with Crippen molar-refractivity contribution in [3.63, 3.8) is 0 Å². The fourth-order valence-corrected chi connectivity index (χ4v) is 1.31. The molecule has 0 saturated heterocycles. The highest BCUT2D eigenvalue weighted by molar-refractivity contribution is 6.30. The van der Waals surface area contributed by atoms with Crippen LogP contribution in [0.5, 0.6) is 0 Å². The fourth-order valence-electron chi connectivity index (χ4n) is 1.19. The van der Waals surface area contributed by atoms with Crippen molar-refractivity contribution in [1.82, 2.24) is 4.98 Å². The van der Waals surface area contributed by atoms with Crippen LogP contribution in [0.3, 0.4) is 0 Å². The number of nitrogens with two attached hydrogens (primary N) is 2. The molecule has 1 heterocycles. The van der Waals surface area contributed by atoms with Crippen LogP contribution >= 0.6 is 11.6 Å². The van der Waals surface area contributed by atoms with Gasteiger partial charge in [0.15, 0.2) is 5.82 Å². The minimum absolute atomic E-state index is 0.253. The van der Waals surface area contributed by atoms with E-state index < -0.39 is 0 Å². The first-order valence-electron chi connectivity index (χ1n) is 4.84. The molecule has 0 atom stereocenters. The van der Waals surface area contributed by atoms with Gasteiger partial charge in [0.2, 0.25) is 0 Å². The number of nitrogens with zero attached hydrogens (tertiary/aromatic N) is 3. The Bertz CT molecular complexity index is 550. The number of hydrogen-bond donors (Lipinski definition) is 2. The van der Waals surface area contributed by atoms with Crippen LogP contribution in [-0.2, 0) is 0 Å². The second-order valence-corrected chi connectivity index (χ2v) is 3.75. The average molecular weight is 248 g/mol. The molecule has 2 aromatic rings. The quantitative estimate of drug-likeness (QED) is 0.798. The maximum absolute atomic E-state index is 5.76. The van der Waals surface area contributed by atoms with E-state index in [1.54, 1.807) is 36.4 Å². The summed E-state index contributed by atoms with van der Waals surface area (Å²) >= 11 is 5.76. The number of pyridine rings is 1. The summed E-state index contributed by atoms with van der Waals surface area (Å²) in [4.78, 5) is 3.88. The van der Waals surface area contributed by atoms with E-state index >= 15 is 0 Å². The third-order valence-electron chi connectivity index (χ3n) is 2.02. The summed E-state index contributed by atoms with van der Waals surface area (Å²) < 4.78 is 0. The van der Waals surface area contributed by atoms with Gasteiger partial charge in [-0.15, -0.1) is 5.11 Å². The molecular weight excluding hydrogens is 238 g/mol. The van der Waals surface area contributed by atoms with Crippen LogP contribution in [0, 0.1) is 0 Å². The first-order valence-corrected chi connectivity index (χ1v) is 5.22. The highest BCUT2D eigenvalue weighted by Gasteiger charge is 1.99. The second kappa shape index (κ2) is 4.80. The number of aromatic nitrogens is 1. The Kier molecular flexibility index (Phi) is 3.20. The maximum Gasteiger partial charge on any atom is 0.153 e. The molecular formula is C11H10ClN5. The molecule has 1 aromatic carbocycles. The first-order chi connectivity index (χ1) is 8.15. The zero-order valence-electron chi connectivity index (χ0n) is 8.84. The van der Waals surface area contributed by atoms with E-state index in [4.69, 9.17) is 23.1 Å². The van der Waals surface area contributed by atoms with E-state index in [0.29, 0.717) is 22.2 Å². The smallest absolute Gasteiger partial charge is 0.153 e. The van der Waals surface area contributed by atoms with Crippen molar-refractivity contribution < 1.29 is 0 Å². The molecule has 0 bridgehead atoms. The summed E-state index contributed by atoms with van der Waals surface area (Å²) in [6.45, 7) is 0. The van der Waals surface area contributed by atoms with E-state index in [2.05, 4.69) is 15.2 Å². The number of halogens is 1. The maximum atomic E-state index is 5.76.